The number of rotatable bonds is 8. The molecule has 240 valence electrons. The predicted octanol–water partition coefficient (Wildman–Crippen LogP) is 3.44. The summed E-state index contributed by atoms with van der Waals surface area (Å²) in [6, 6.07) is 7.23. The average Bonchev–Trinajstić information content (AvgIpc) is 3.68. The summed E-state index contributed by atoms with van der Waals surface area (Å²) in [5, 5.41) is 3.14. The van der Waals surface area contributed by atoms with Gasteiger partial charge in [-0.05, 0) is 25.8 Å². The number of alkyl halides is 6. The predicted molar refractivity (Wildman–Crippen MR) is 148 cm³/mol. The van der Waals surface area contributed by atoms with Gasteiger partial charge in [0.1, 0.15) is 0 Å². The molecule has 1 N–H and O–H groups in total. The number of ether oxygens (including phenoxy) is 1. The minimum Gasteiger partial charge on any atom is -0.424 e. The maximum absolute atomic E-state index is 14.4. The smallest absolute Gasteiger partial charge is 0.424 e. The molecule has 3 aromatic rings. The summed E-state index contributed by atoms with van der Waals surface area (Å²) in [5.74, 6) is -4.13. The third kappa shape index (κ3) is 6.03. The van der Waals surface area contributed by atoms with Gasteiger partial charge in [-0.15, -0.1) is 0 Å². The molecule has 4 heterocycles. The second-order valence-electron chi connectivity index (χ2n) is 10.7. The number of benzene rings is 1. The topological polar surface area (TPSA) is 120 Å². The van der Waals surface area contributed by atoms with Gasteiger partial charge in [-0.1, -0.05) is 42.0 Å². The van der Waals surface area contributed by atoms with Gasteiger partial charge in [0.05, 0.1) is 6.54 Å². The number of hydrogen-bond donors (Lipinski definition) is 1. The van der Waals surface area contributed by atoms with E-state index in [0.29, 0.717) is 26.1 Å². The van der Waals surface area contributed by atoms with Crippen LogP contribution in [0, 0.1) is 0 Å². The lowest BCUT2D eigenvalue weighted by Crippen LogP contribution is -2.47. The molecule has 0 spiro atoms. The third-order valence-electron chi connectivity index (χ3n) is 7.33. The highest BCUT2D eigenvalue weighted by molar-refractivity contribution is 5.96. The van der Waals surface area contributed by atoms with Crippen molar-refractivity contribution in [2.45, 2.75) is 51.9 Å². The molecule has 1 unspecified atom stereocenters. The molecule has 1 atom stereocenters. The fraction of sp³-hybridized carbons (Fsp3) is 0.393. The average molecular weight is 641 g/mol. The number of esters is 1. The van der Waals surface area contributed by atoms with Crippen LogP contribution in [-0.4, -0.2) is 62.4 Å². The zero-order chi connectivity index (χ0) is 32.8. The van der Waals surface area contributed by atoms with Crippen LogP contribution in [0.3, 0.4) is 0 Å². The highest BCUT2D eigenvalue weighted by Crippen LogP contribution is 2.36. The van der Waals surface area contributed by atoms with E-state index in [1.54, 1.807) is 30.9 Å². The molecule has 0 saturated heterocycles. The van der Waals surface area contributed by atoms with E-state index in [-0.39, 0.29) is 27.2 Å². The van der Waals surface area contributed by atoms with E-state index in [2.05, 4.69) is 15.0 Å². The number of nitrogens with zero attached hydrogens (tertiary/aromatic N) is 5. The molecule has 45 heavy (non-hydrogen) atoms. The number of halogens is 6. The molecular weight excluding hydrogens is 614 g/mol. The fourth-order valence-corrected chi connectivity index (χ4v) is 5.22. The van der Waals surface area contributed by atoms with Crippen LogP contribution >= 0.6 is 0 Å². The van der Waals surface area contributed by atoms with Gasteiger partial charge in [-0.3, -0.25) is 14.2 Å². The van der Waals surface area contributed by atoms with Crippen molar-refractivity contribution in [3.8, 4) is 0 Å². The fourth-order valence-electron chi connectivity index (χ4n) is 5.22. The SMILES string of the molecule is CC(C)=CCn1c(N2CCC3=C2CNC3)nc2c1c(=O)n(CC(=O)c1ccccc1)c(=O)n2C(OC(=O)C(F)(F)F)C(F)(F)F. The Morgan fingerprint density at radius 1 is 1.04 bits per heavy atom. The van der Waals surface area contributed by atoms with E-state index in [0.717, 1.165) is 16.8 Å². The molecule has 1 aromatic carbocycles. The highest BCUT2D eigenvalue weighted by Gasteiger charge is 2.52. The minimum absolute atomic E-state index is 0.00956. The van der Waals surface area contributed by atoms with E-state index >= 15 is 0 Å². The molecule has 5 rings (SSSR count). The number of allylic oxidation sites excluding steroid dienone is 2. The molecule has 0 radical (unpaired) electrons. The van der Waals surface area contributed by atoms with Gasteiger partial charge in [0.25, 0.3) is 11.8 Å². The van der Waals surface area contributed by atoms with Gasteiger partial charge in [-0.2, -0.15) is 31.3 Å². The third-order valence-corrected chi connectivity index (χ3v) is 7.33. The molecule has 2 aliphatic rings. The number of carbonyl (C=O) groups is 2. The molecule has 0 bridgehead atoms. The Morgan fingerprint density at radius 2 is 1.73 bits per heavy atom. The summed E-state index contributed by atoms with van der Waals surface area (Å²) >= 11 is 0. The number of fused-ring (bicyclic) bond motifs is 1. The summed E-state index contributed by atoms with van der Waals surface area (Å²) in [6.07, 6.45) is -13.3. The summed E-state index contributed by atoms with van der Waals surface area (Å²) < 4.78 is 87.6. The number of Topliss-reactive ketones (excluding diaryl/α,β-unsaturated/α-hetero) is 1. The molecule has 0 aliphatic carbocycles. The normalized spacial score (nSPS) is 15.9. The zero-order valence-electron chi connectivity index (χ0n) is 23.8. The first-order valence-corrected chi connectivity index (χ1v) is 13.6. The van der Waals surface area contributed by atoms with Crippen LogP contribution in [0.25, 0.3) is 11.2 Å². The van der Waals surface area contributed by atoms with Crippen LogP contribution in [0.15, 0.2) is 62.8 Å². The number of imidazole rings is 1. The van der Waals surface area contributed by atoms with E-state index in [1.807, 2.05) is 0 Å². The Balaban J connectivity index is 1.84. The van der Waals surface area contributed by atoms with Gasteiger partial charge in [0.15, 0.2) is 16.9 Å². The first-order valence-electron chi connectivity index (χ1n) is 13.6. The first kappa shape index (κ1) is 31.7. The van der Waals surface area contributed by atoms with E-state index in [9.17, 15) is 45.5 Å². The Labute approximate surface area is 250 Å². The van der Waals surface area contributed by atoms with Gasteiger partial charge in [0, 0.05) is 37.4 Å². The molecule has 11 nitrogen and oxygen atoms in total. The van der Waals surface area contributed by atoms with Crippen molar-refractivity contribution in [2.75, 3.05) is 24.5 Å². The van der Waals surface area contributed by atoms with Gasteiger partial charge in [-0.25, -0.2) is 14.2 Å². The monoisotopic (exact) mass is 640 g/mol. The molecule has 0 amide bonds. The highest BCUT2D eigenvalue weighted by atomic mass is 19.4. The van der Waals surface area contributed by atoms with E-state index in [4.69, 9.17) is 0 Å². The second kappa shape index (κ2) is 11.7. The van der Waals surface area contributed by atoms with Gasteiger partial charge in [0.2, 0.25) is 5.95 Å². The van der Waals surface area contributed by atoms with Gasteiger partial charge >= 0.3 is 24.0 Å². The first-order chi connectivity index (χ1) is 21.1. The number of hydrogen-bond acceptors (Lipinski definition) is 8. The Kier molecular flexibility index (Phi) is 8.24. The van der Waals surface area contributed by atoms with E-state index in [1.165, 1.54) is 28.8 Å². The van der Waals surface area contributed by atoms with Crippen molar-refractivity contribution in [3.05, 3.63) is 79.7 Å². The van der Waals surface area contributed by atoms with Crippen LogP contribution in [0.1, 0.15) is 36.9 Å². The van der Waals surface area contributed by atoms with Crippen molar-refractivity contribution < 1.29 is 40.7 Å². The lowest BCUT2D eigenvalue weighted by atomic mass is 10.1. The van der Waals surface area contributed by atoms with Crippen molar-refractivity contribution in [1.29, 1.82) is 0 Å². The Bertz CT molecular complexity index is 1850. The number of carbonyl (C=O) groups excluding carboxylic acids is 2. The molecule has 0 saturated carbocycles. The van der Waals surface area contributed by atoms with Crippen molar-refractivity contribution in [1.82, 2.24) is 24.0 Å². The number of anilines is 1. The molecule has 2 aliphatic heterocycles. The number of aromatic nitrogens is 4. The molecular formula is C28H26F6N6O5. The minimum atomic E-state index is -5.86. The van der Waals surface area contributed by atoms with Crippen LogP contribution in [0.2, 0.25) is 0 Å². The van der Waals surface area contributed by atoms with E-state index < -0.39 is 59.3 Å². The summed E-state index contributed by atoms with van der Waals surface area (Å²) in [5.41, 5.74) is -2.15. The Hall–Kier alpha value is -4.67. The zero-order valence-corrected chi connectivity index (χ0v) is 23.8. The summed E-state index contributed by atoms with van der Waals surface area (Å²) in [7, 11) is 0. The van der Waals surface area contributed by atoms with Gasteiger partial charge < -0.3 is 19.5 Å². The number of ketones is 1. The van der Waals surface area contributed by atoms with Crippen molar-refractivity contribution >= 4 is 28.9 Å². The molecule has 2 aromatic heterocycles. The lowest BCUT2D eigenvalue weighted by molar-refractivity contribution is -0.264. The van der Waals surface area contributed by atoms with Crippen LogP contribution in [0.4, 0.5) is 32.3 Å². The standard InChI is InChI=1S/C28H26F6N6O5/c1-15(2)8-10-38-20-21(36-25(38)37-11-9-17-12-35-13-18(17)37)40(23(27(29,30)31)45-24(43)28(32,33)34)26(44)39(22(20)42)14-19(41)16-6-4-3-5-7-16/h3-8,23,35H,9-14H2,1-2H3. The number of nitrogens with one attached hydrogen (secondary N) is 1. The lowest BCUT2D eigenvalue weighted by Gasteiger charge is -2.24. The van der Waals surface area contributed by atoms with Crippen molar-refractivity contribution in [3.63, 3.8) is 0 Å². The van der Waals surface area contributed by atoms with Crippen LogP contribution in [0.5, 0.6) is 0 Å². The van der Waals surface area contributed by atoms with Crippen LogP contribution in [-0.2, 0) is 22.6 Å². The van der Waals surface area contributed by atoms with Crippen molar-refractivity contribution in [2.24, 2.45) is 0 Å². The molecule has 17 heteroatoms. The molecule has 0 fully saturated rings. The maximum atomic E-state index is 14.4. The largest absolute Gasteiger partial charge is 0.491 e. The quantitative estimate of drug-likeness (QED) is 0.172. The summed E-state index contributed by atoms with van der Waals surface area (Å²) in [6.45, 7) is 3.47. The second-order valence-corrected chi connectivity index (χ2v) is 10.7. The maximum Gasteiger partial charge on any atom is 0.491 e. The summed E-state index contributed by atoms with van der Waals surface area (Å²) in [4.78, 5) is 58.3. The Morgan fingerprint density at radius 3 is 2.36 bits per heavy atom. The van der Waals surface area contributed by atoms with Crippen LogP contribution < -0.4 is 21.5 Å².